The van der Waals surface area contributed by atoms with Crippen LogP contribution in [-0.4, -0.2) is 18.8 Å². The second-order valence-corrected chi connectivity index (χ2v) is 4.81. The van der Waals surface area contributed by atoms with Crippen LogP contribution in [0.3, 0.4) is 0 Å². The molecule has 1 rings (SSSR count). The predicted octanol–water partition coefficient (Wildman–Crippen LogP) is 2.35. The van der Waals surface area contributed by atoms with Crippen LogP contribution in [0.25, 0.3) is 0 Å². The van der Waals surface area contributed by atoms with Crippen LogP contribution >= 0.6 is 0 Å². The third-order valence-electron chi connectivity index (χ3n) is 2.98. The molecule has 3 nitrogen and oxygen atoms in total. The molecule has 17 heavy (non-hydrogen) atoms. The van der Waals surface area contributed by atoms with Crippen LogP contribution in [0.1, 0.15) is 31.9 Å². The Labute approximate surface area is 104 Å². The van der Waals surface area contributed by atoms with Gasteiger partial charge in [-0.3, -0.25) is 0 Å². The zero-order valence-corrected chi connectivity index (χ0v) is 10.9. The number of aliphatic hydroxyl groups is 1. The number of para-hydroxylation sites is 1. The van der Waals surface area contributed by atoms with E-state index in [9.17, 15) is 5.11 Å². The summed E-state index contributed by atoms with van der Waals surface area (Å²) in [5.74, 6) is 1.32. The molecule has 3 N–H and O–H groups in total. The highest BCUT2D eigenvalue weighted by Gasteiger charge is 2.23. The largest absolute Gasteiger partial charge is 0.496 e. The normalized spacial score (nSPS) is 14.7. The minimum Gasteiger partial charge on any atom is -0.496 e. The van der Waals surface area contributed by atoms with E-state index in [0.29, 0.717) is 12.5 Å². The van der Waals surface area contributed by atoms with Crippen LogP contribution in [0.4, 0.5) is 0 Å². The molecule has 0 aliphatic rings. The van der Waals surface area contributed by atoms with E-state index >= 15 is 0 Å². The second-order valence-electron chi connectivity index (χ2n) is 4.81. The Morgan fingerprint density at radius 1 is 1.29 bits per heavy atom. The Morgan fingerprint density at radius 3 is 2.47 bits per heavy atom. The van der Waals surface area contributed by atoms with Gasteiger partial charge in [-0.25, -0.2) is 0 Å². The summed E-state index contributed by atoms with van der Waals surface area (Å²) in [7, 11) is 1.62. The lowest BCUT2D eigenvalue weighted by molar-refractivity contribution is 0.0968. The first-order valence-electron chi connectivity index (χ1n) is 6.11. The fourth-order valence-corrected chi connectivity index (χ4v) is 2.12. The summed E-state index contributed by atoms with van der Waals surface area (Å²) in [5.41, 5.74) is 6.58. The average Bonchev–Trinajstić information content (AvgIpc) is 2.34. The number of rotatable bonds is 6. The maximum Gasteiger partial charge on any atom is 0.124 e. The van der Waals surface area contributed by atoms with Gasteiger partial charge in [0.2, 0.25) is 0 Å². The van der Waals surface area contributed by atoms with E-state index in [1.807, 2.05) is 24.3 Å². The quantitative estimate of drug-likeness (QED) is 0.798. The molecular weight excluding hydrogens is 214 g/mol. The Morgan fingerprint density at radius 2 is 1.94 bits per heavy atom. The first kappa shape index (κ1) is 14.0. The van der Waals surface area contributed by atoms with Crippen LogP contribution in [0.15, 0.2) is 24.3 Å². The Balaban J connectivity index is 2.89. The van der Waals surface area contributed by atoms with Crippen molar-refractivity contribution in [3.63, 3.8) is 0 Å². The molecule has 0 aliphatic carbocycles. The first-order valence-corrected chi connectivity index (χ1v) is 6.11. The molecule has 0 saturated carbocycles. The highest BCUT2D eigenvalue weighted by atomic mass is 16.5. The number of aliphatic hydroxyl groups excluding tert-OH is 1. The minimum absolute atomic E-state index is 0.0753. The van der Waals surface area contributed by atoms with Crippen molar-refractivity contribution in [3.05, 3.63) is 29.8 Å². The van der Waals surface area contributed by atoms with Gasteiger partial charge in [0.25, 0.3) is 0 Å². The summed E-state index contributed by atoms with van der Waals surface area (Å²) >= 11 is 0. The number of ether oxygens (including phenoxy) is 1. The van der Waals surface area contributed by atoms with Crippen molar-refractivity contribution in [3.8, 4) is 5.75 Å². The molecule has 2 unspecified atom stereocenters. The number of hydrogen-bond acceptors (Lipinski definition) is 3. The predicted molar refractivity (Wildman–Crippen MR) is 70.0 cm³/mol. The third kappa shape index (κ3) is 3.72. The summed E-state index contributed by atoms with van der Waals surface area (Å²) in [6, 6.07) is 7.56. The zero-order valence-electron chi connectivity index (χ0n) is 10.9. The number of hydrogen-bond donors (Lipinski definition) is 2. The highest BCUT2D eigenvalue weighted by Crippen LogP contribution is 2.32. The molecule has 0 aromatic heterocycles. The van der Waals surface area contributed by atoms with Gasteiger partial charge < -0.3 is 15.6 Å². The molecule has 0 amide bonds. The van der Waals surface area contributed by atoms with Gasteiger partial charge >= 0.3 is 0 Å². The molecule has 0 spiro atoms. The maximum atomic E-state index is 10.4. The van der Waals surface area contributed by atoms with Crippen molar-refractivity contribution in [1.29, 1.82) is 0 Å². The van der Waals surface area contributed by atoms with Crippen LogP contribution in [0.5, 0.6) is 5.75 Å². The van der Waals surface area contributed by atoms with Crippen LogP contribution in [0.2, 0.25) is 0 Å². The minimum atomic E-state index is -0.557. The summed E-state index contributed by atoms with van der Waals surface area (Å²) in [4.78, 5) is 0. The molecule has 2 atom stereocenters. The van der Waals surface area contributed by atoms with Gasteiger partial charge in [0.1, 0.15) is 5.75 Å². The standard InChI is InChI=1S/C14H23NO2/c1-10(2)8-11(9-15)14(16)12-6-4-5-7-13(12)17-3/h4-7,10-11,14,16H,8-9,15H2,1-3H3. The van der Waals surface area contributed by atoms with E-state index in [1.54, 1.807) is 7.11 Å². The second kappa shape index (κ2) is 6.62. The fourth-order valence-electron chi connectivity index (χ4n) is 2.12. The molecule has 96 valence electrons. The van der Waals surface area contributed by atoms with Gasteiger partial charge in [-0.05, 0) is 24.9 Å². The molecule has 0 fully saturated rings. The number of nitrogens with two attached hydrogens (primary N) is 1. The Kier molecular flexibility index (Phi) is 5.45. The Bertz CT molecular complexity index is 339. The molecule has 0 saturated heterocycles. The van der Waals surface area contributed by atoms with Crippen molar-refractivity contribution < 1.29 is 9.84 Å². The molecule has 0 heterocycles. The first-order chi connectivity index (χ1) is 8.10. The molecule has 0 aliphatic heterocycles. The number of methoxy groups -OCH3 is 1. The molecule has 3 heteroatoms. The Hall–Kier alpha value is -1.06. The molecule has 1 aromatic carbocycles. The van der Waals surface area contributed by atoms with Crippen LogP contribution in [-0.2, 0) is 0 Å². The average molecular weight is 237 g/mol. The summed E-state index contributed by atoms with van der Waals surface area (Å²) in [6.45, 7) is 4.76. The lowest BCUT2D eigenvalue weighted by atomic mass is 9.88. The van der Waals surface area contributed by atoms with Crippen molar-refractivity contribution >= 4 is 0 Å². The van der Waals surface area contributed by atoms with E-state index in [-0.39, 0.29) is 5.92 Å². The van der Waals surface area contributed by atoms with Gasteiger partial charge in [-0.15, -0.1) is 0 Å². The van der Waals surface area contributed by atoms with E-state index in [4.69, 9.17) is 10.5 Å². The highest BCUT2D eigenvalue weighted by molar-refractivity contribution is 5.35. The SMILES string of the molecule is COc1ccccc1C(O)C(CN)CC(C)C. The lowest BCUT2D eigenvalue weighted by Gasteiger charge is -2.24. The van der Waals surface area contributed by atoms with Crippen molar-refractivity contribution in [2.45, 2.75) is 26.4 Å². The zero-order chi connectivity index (χ0) is 12.8. The maximum absolute atomic E-state index is 10.4. The molecule has 0 bridgehead atoms. The van der Waals surface area contributed by atoms with E-state index in [0.717, 1.165) is 17.7 Å². The van der Waals surface area contributed by atoms with E-state index < -0.39 is 6.10 Å². The van der Waals surface area contributed by atoms with Gasteiger partial charge in [-0.2, -0.15) is 0 Å². The van der Waals surface area contributed by atoms with Gasteiger partial charge in [0, 0.05) is 11.5 Å². The molecule has 0 radical (unpaired) electrons. The summed E-state index contributed by atoms with van der Waals surface area (Å²) < 4.78 is 5.27. The summed E-state index contributed by atoms with van der Waals surface area (Å²) in [5, 5.41) is 10.4. The van der Waals surface area contributed by atoms with Crippen molar-refractivity contribution in [2.24, 2.45) is 17.6 Å². The smallest absolute Gasteiger partial charge is 0.124 e. The van der Waals surface area contributed by atoms with E-state index in [2.05, 4.69) is 13.8 Å². The summed E-state index contributed by atoms with van der Waals surface area (Å²) in [6.07, 6.45) is 0.356. The molecular formula is C14H23NO2. The van der Waals surface area contributed by atoms with Crippen molar-refractivity contribution in [2.75, 3.05) is 13.7 Å². The third-order valence-corrected chi connectivity index (χ3v) is 2.98. The topological polar surface area (TPSA) is 55.5 Å². The van der Waals surface area contributed by atoms with Crippen LogP contribution in [0, 0.1) is 11.8 Å². The fraction of sp³-hybridized carbons (Fsp3) is 0.571. The van der Waals surface area contributed by atoms with Gasteiger partial charge in [0.15, 0.2) is 0 Å². The lowest BCUT2D eigenvalue weighted by Crippen LogP contribution is -2.24. The monoisotopic (exact) mass is 237 g/mol. The molecule has 1 aromatic rings. The van der Waals surface area contributed by atoms with Crippen LogP contribution < -0.4 is 10.5 Å². The van der Waals surface area contributed by atoms with Gasteiger partial charge in [-0.1, -0.05) is 32.0 Å². The van der Waals surface area contributed by atoms with E-state index in [1.165, 1.54) is 0 Å². The number of benzene rings is 1. The van der Waals surface area contributed by atoms with Crippen molar-refractivity contribution in [1.82, 2.24) is 0 Å². The van der Waals surface area contributed by atoms with Gasteiger partial charge in [0.05, 0.1) is 13.2 Å².